The SMILES string of the molecule is CCNC(c1ccc2[nH]c(=O)[nH]c2c1)C(C)C(C)C. The molecule has 0 aliphatic rings. The van der Waals surface area contributed by atoms with Crippen molar-refractivity contribution in [2.45, 2.75) is 33.7 Å². The fourth-order valence-corrected chi connectivity index (χ4v) is 2.46. The minimum absolute atomic E-state index is 0.149. The fraction of sp³-hybridized carbons (Fsp3) is 0.533. The summed E-state index contributed by atoms with van der Waals surface area (Å²) >= 11 is 0. The lowest BCUT2D eigenvalue weighted by atomic mass is 9.86. The van der Waals surface area contributed by atoms with Gasteiger partial charge in [-0.15, -0.1) is 0 Å². The van der Waals surface area contributed by atoms with Gasteiger partial charge in [0.2, 0.25) is 0 Å². The van der Waals surface area contributed by atoms with Crippen LogP contribution < -0.4 is 11.0 Å². The summed E-state index contributed by atoms with van der Waals surface area (Å²) in [6, 6.07) is 6.45. The predicted octanol–water partition coefficient (Wildman–Crippen LogP) is 2.80. The van der Waals surface area contributed by atoms with Crippen LogP contribution in [0.4, 0.5) is 0 Å². The van der Waals surface area contributed by atoms with Crippen molar-refractivity contribution >= 4 is 11.0 Å². The Morgan fingerprint density at radius 2 is 1.84 bits per heavy atom. The van der Waals surface area contributed by atoms with E-state index in [1.165, 1.54) is 5.56 Å². The molecule has 2 rings (SSSR count). The molecule has 4 nitrogen and oxygen atoms in total. The van der Waals surface area contributed by atoms with Gasteiger partial charge < -0.3 is 15.3 Å². The molecule has 0 aliphatic carbocycles. The molecule has 1 heterocycles. The molecule has 104 valence electrons. The van der Waals surface area contributed by atoms with Crippen molar-refractivity contribution < 1.29 is 0 Å². The van der Waals surface area contributed by atoms with Gasteiger partial charge in [0.1, 0.15) is 0 Å². The number of hydrogen-bond acceptors (Lipinski definition) is 2. The van der Waals surface area contributed by atoms with Crippen molar-refractivity contribution in [3.05, 3.63) is 34.2 Å². The average molecular weight is 261 g/mol. The highest BCUT2D eigenvalue weighted by atomic mass is 16.1. The Hall–Kier alpha value is -1.55. The summed E-state index contributed by atoms with van der Waals surface area (Å²) in [6.07, 6.45) is 0. The Kier molecular flexibility index (Phi) is 4.10. The number of benzene rings is 1. The van der Waals surface area contributed by atoms with Gasteiger partial charge in [-0.3, -0.25) is 0 Å². The minimum Gasteiger partial charge on any atom is -0.310 e. The van der Waals surface area contributed by atoms with E-state index in [1.807, 2.05) is 6.07 Å². The Balaban J connectivity index is 2.40. The molecule has 0 saturated heterocycles. The largest absolute Gasteiger partial charge is 0.323 e. The summed E-state index contributed by atoms with van der Waals surface area (Å²) in [7, 11) is 0. The molecular formula is C15H23N3O. The summed E-state index contributed by atoms with van der Waals surface area (Å²) in [6.45, 7) is 9.81. The third kappa shape index (κ3) is 2.89. The highest BCUT2D eigenvalue weighted by Gasteiger charge is 2.21. The van der Waals surface area contributed by atoms with Gasteiger partial charge in [-0.2, -0.15) is 0 Å². The molecule has 0 bridgehead atoms. The van der Waals surface area contributed by atoms with Crippen LogP contribution in [-0.2, 0) is 0 Å². The molecule has 0 amide bonds. The lowest BCUT2D eigenvalue weighted by Crippen LogP contribution is -2.29. The summed E-state index contributed by atoms with van der Waals surface area (Å²) < 4.78 is 0. The molecule has 2 unspecified atom stereocenters. The highest BCUT2D eigenvalue weighted by Crippen LogP contribution is 2.28. The van der Waals surface area contributed by atoms with Gasteiger partial charge in [0.15, 0.2) is 0 Å². The van der Waals surface area contributed by atoms with Crippen molar-refractivity contribution in [3.63, 3.8) is 0 Å². The molecule has 1 aromatic carbocycles. The van der Waals surface area contributed by atoms with Gasteiger partial charge in [0.05, 0.1) is 11.0 Å². The van der Waals surface area contributed by atoms with E-state index in [0.717, 1.165) is 17.6 Å². The van der Waals surface area contributed by atoms with Crippen LogP contribution in [0, 0.1) is 11.8 Å². The minimum atomic E-state index is -0.149. The van der Waals surface area contributed by atoms with Gasteiger partial charge >= 0.3 is 5.69 Å². The predicted molar refractivity (Wildman–Crippen MR) is 79.3 cm³/mol. The van der Waals surface area contributed by atoms with E-state index in [1.54, 1.807) is 0 Å². The number of nitrogens with one attached hydrogen (secondary N) is 3. The number of rotatable bonds is 5. The molecule has 3 N–H and O–H groups in total. The maximum Gasteiger partial charge on any atom is 0.323 e. The van der Waals surface area contributed by atoms with E-state index in [0.29, 0.717) is 17.9 Å². The second-order valence-electron chi connectivity index (χ2n) is 5.52. The smallest absolute Gasteiger partial charge is 0.310 e. The molecule has 0 saturated carbocycles. The first-order valence-electron chi connectivity index (χ1n) is 6.98. The summed E-state index contributed by atoms with van der Waals surface area (Å²) in [5, 5.41) is 3.55. The summed E-state index contributed by atoms with van der Waals surface area (Å²) in [4.78, 5) is 16.9. The monoisotopic (exact) mass is 261 g/mol. The van der Waals surface area contributed by atoms with E-state index in [-0.39, 0.29) is 5.69 Å². The van der Waals surface area contributed by atoms with Gasteiger partial charge in [-0.1, -0.05) is 33.8 Å². The van der Waals surface area contributed by atoms with E-state index in [2.05, 4.69) is 55.1 Å². The van der Waals surface area contributed by atoms with Crippen LogP contribution in [-0.4, -0.2) is 16.5 Å². The number of imidazole rings is 1. The first kappa shape index (κ1) is 13.9. The average Bonchev–Trinajstić information content (AvgIpc) is 2.74. The summed E-state index contributed by atoms with van der Waals surface area (Å²) in [5.41, 5.74) is 2.82. The fourth-order valence-electron chi connectivity index (χ4n) is 2.46. The van der Waals surface area contributed by atoms with Gasteiger partial charge in [-0.05, 0) is 36.1 Å². The molecule has 2 atom stereocenters. The number of hydrogen-bond donors (Lipinski definition) is 3. The van der Waals surface area contributed by atoms with Crippen molar-refractivity contribution in [3.8, 4) is 0 Å². The molecule has 0 radical (unpaired) electrons. The maximum atomic E-state index is 11.3. The normalized spacial score (nSPS) is 15.0. The van der Waals surface area contributed by atoms with Crippen LogP contribution in [0.2, 0.25) is 0 Å². The first-order chi connectivity index (χ1) is 9.02. The Morgan fingerprint density at radius 3 is 2.47 bits per heavy atom. The van der Waals surface area contributed by atoms with Crippen molar-refractivity contribution in [2.24, 2.45) is 11.8 Å². The zero-order chi connectivity index (χ0) is 14.0. The number of H-pyrrole nitrogens is 2. The molecule has 0 spiro atoms. The second kappa shape index (κ2) is 5.61. The van der Waals surface area contributed by atoms with E-state index < -0.39 is 0 Å². The summed E-state index contributed by atoms with van der Waals surface area (Å²) in [5.74, 6) is 1.13. The third-order valence-electron chi connectivity index (χ3n) is 3.90. The molecule has 2 aromatic rings. The van der Waals surface area contributed by atoms with Gasteiger partial charge in [0, 0.05) is 6.04 Å². The lowest BCUT2D eigenvalue weighted by Gasteiger charge is -2.28. The van der Waals surface area contributed by atoms with Crippen LogP contribution >= 0.6 is 0 Å². The molecule has 19 heavy (non-hydrogen) atoms. The van der Waals surface area contributed by atoms with E-state index in [9.17, 15) is 4.79 Å². The van der Waals surface area contributed by atoms with Gasteiger partial charge in [-0.25, -0.2) is 4.79 Å². The first-order valence-corrected chi connectivity index (χ1v) is 6.98. The van der Waals surface area contributed by atoms with E-state index in [4.69, 9.17) is 0 Å². The lowest BCUT2D eigenvalue weighted by molar-refractivity contribution is 0.307. The number of aromatic nitrogens is 2. The van der Waals surface area contributed by atoms with E-state index >= 15 is 0 Å². The quantitative estimate of drug-likeness (QED) is 0.775. The number of aromatic amines is 2. The van der Waals surface area contributed by atoms with Crippen LogP contribution in [0.25, 0.3) is 11.0 Å². The standard InChI is InChI=1S/C15H23N3O/c1-5-16-14(10(4)9(2)3)11-6-7-12-13(8-11)18-15(19)17-12/h6-10,14,16H,5H2,1-4H3,(H2,17,18,19). The zero-order valence-electron chi connectivity index (χ0n) is 12.1. The van der Waals surface area contributed by atoms with Crippen LogP contribution in [0.5, 0.6) is 0 Å². The Bertz CT molecular complexity index is 597. The van der Waals surface area contributed by atoms with Crippen LogP contribution in [0.15, 0.2) is 23.0 Å². The number of fused-ring (bicyclic) bond motifs is 1. The van der Waals surface area contributed by atoms with Crippen molar-refractivity contribution in [2.75, 3.05) is 6.54 Å². The molecule has 1 aromatic heterocycles. The second-order valence-corrected chi connectivity index (χ2v) is 5.52. The van der Waals surface area contributed by atoms with Gasteiger partial charge in [0.25, 0.3) is 0 Å². The maximum absolute atomic E-state index is 11.3. The zero-order valence-corrected chi connectivity index (χ0v) is 12.1. The molecule has 4 heteroatoms. The third-order valence-corrected chi connectivity index (χ3v) is 3.90. The molecule has 0 aliphatic heterocycles. The Labute approximate surface area is 113 Å². The van der Waals surface area contributed by atoms with Crippen molar-refractivity contribution in [1.29, 1.82) is 0 Å². The molecule has 0 fully saturated rings. The topological polar surface area (TPSA) is 60.7 Å². The highest BCUT2D eigenvalue weighted by molar-refractivity contribution is 5.75. The Morgan fingerprint density at radius 1 is 1.16 bits per heavy atom. The van der Waals surface area contributed by atoms with Crippen molar-refractivity contribution in [1.82, 2.24) is 15.3 Å². The molecular weight excluding hydrogens is 238 g/mol. The van der Waals surface area contributed by atoms with Crippen LogP contribution in [0.1, 0.15) is 39.3 Å². The van der Waals surface area contributed by atoms with Crippen LogP contribution in [0.3, 0.4) is 0 Å².